The molecule has 1 fully saturated rings. The zero-order valence-corrected chi connectivity index (χ0v) is 17.7. The molecule has 3 aromatic rings. The van der Waals surface area contributed by atoms with Crippen molar-refractivity contribution < 1.29 is 9.59 Å². The molecule has 1 aliphatic rings. The molecule has 2 aromatic carbocycles. The minimum atomic E-state index is -0.190. The van der Waals surface area contributed by atoms with Crippen molar-refractivity contribution in [2.45, 2.75) is 39.8 Å². The topological polar surface area (TPSA) is 42.3 Å². The Labute approximate surface area is 175 Å². The molecule has 0 unspecified atom stereocenters. The van der Waals surface area contributed by atoms with E-state index in [1.807, 2.05) is 32.1 Å². The molecule has 29 heavy (non-hydrogen) atoms. The molecule has 1 atom stereocenters. The van der Waals surface area contributed by atoms with Crippen LogP contribution < -0.4 is 0 Å². The minimum absolute atomic E-state index is 0.0868. The smallest absolute Gasteiger partial charge is 0.293 e. The van der Waals surface area contributed by atoms with Crippen LogP contribution in [-0.2, 0) is 11.3 Å². The van der Waals surface area contributed by atoms with Gasteiger partial charge in [0.1, 0.15) is 0 Å². The number of thioether (sulfide) groups is 1. The van der Waals surface area contributed by atoms with E-state index >= 15 is 0 Å². The number of aryl methyl sites for hydroxylation is 1. The monoisotopic (exact) mass is 404 g/mol. The summed E-state index contributed by atoms with van der Waals surface area (Å²) in [6.45, 7) is 6.73. The van der Waals surface area contributed by atoms with Gasteiger partial charge in [0.15, 0.2) is 0 Å². The lowest BCUT2D eigenvalue weighted by Crippen LogP contribution is -2.36. The number of para-hydroxylation sites is 1. The van der Waals surface area contributed by atoms with Gasteiger partial charge in [0.05, 0.1) is 4.91 Å². The van der Waals surface area contributed by atoms with Gasteiger partial charge in [-0.2, -0.15) is 0 Å². The third-order valence-corrected chi connectivity index (χ3v) is 6.32. The molecule has 148 valence electrons. The summed E-state index contributed by atoms with van der Waals surface area (Å²) in [7, 11) is 0. The van der Waals surface area contributed by atoms with Gasteiger partial charge in [-0.3, -0.25) is 14.5 Å². The van der Waals surface area contributed by atoms with Crippen molar-refractivity contribution in [1.29, 1.82) is 0 Å². The fourth-order valence-corrected chi connectivity index (χ4v) is 4.52. The fraction of sp³-hybridized carbons (Fsp3) is 0.250. The first-order chi connectivity index (χ1) is 14.0. The molecule has 2 amide bonds. The normalized spacial score (nSPS) is 16.9. The fourth-order valence-electron chi connectivity index (χ4n) is 3.59. The second-order valence-electron chi connectivity index (χ2n) is 7.52. The number of nitrogens with zero attached hydrogens (tertiary/aromatic N) is 2. The van der Waals surface area contributed by atoms with Gasteiger partial charge in [-0.05, 0) is 49.7 Å². The number of imide groups is 1. The number of hydrogen-bond donors (Lipinski definition) is 0. The summed E-state index contributed by atoms with van der Waals surface area (Å²) in [4.78, 5) is 27.0. The maximum atomic E-state index is 12.8. The molecule has 0 N–H and O–H groups in total. The van der Waals surface area contributed by atoms with Gasteiger partial charge in [0.25, 0.3) is 11.1 Å². The largest absolute Gasteiger partial charge is 0.342 e. The third kappa shape index (κ3) is 3.75. The average Bonchev–Trinajstić information content (AvgIpc) is 3.20. The lowest BCUT2D eigenvalue weighted by Gasteiger charge is -2.19. The Morgan fingerprint density at radius 3 is 2.52 bits per heavy atom. The minimum Gasteiger partial charge on any atom is -0.342 e. The van der Waals surface area contributed by atoms with Crippen LogP contribution >= 0.6 is 11.8 Å². The Bertz CT molecular complexity index is 1110. The average molecular weight is 405 g/mol. The van der Waals surface area contributed by atoms with Crippen molar-refractivity contribution in [3.63, 3.8) is 0 Å². The Kier molecular flexibility index (Phi) is 5.33. The van der Waals surface area contributed by atoms with Crippen LogP contribution in [0.5, 0.6) is 0 Å². The van der Waals surface area contributed by atoms with E-state index in [9.17, 15) is 9.59 Å². The number of amides is 2. The summed E-state index contributed by atoms with van der Waals surface area (Å²) in [6, 6.07) is 16.6. The number of fused-ring (bicyclic) bond motifs is 1. The van der Waals surface area contributed by atoms with Crippen LogP contribution in [0.3, 0.4) is 0 Å². The van der Waals surface area contributed by atoms with Gasteiger partial charge in [0.2, 0.25) is 0 Å². The number of rotatable bonds is 5. The third-order valence-electron chi connectivity index (χ3n) is 5.43. The van der Waals surface area contributed by atoms with Crippen LogP contribution in [-0.4, -0.2) is 26.7 Å². The van der Waals surface area contributed by atoms with E-state index in [1.54, 1.807) is 0 Å². The molecule has 1 saturated heterocycles. The highest BCUT2D eigenvalue weighted by molar-refractivity contribution is 8.18. The molecule has 4 rings (SSSR count). The summed E-state index contributed by atoms with van der Waals surface area (Å²) in [5.74, 6) is -0.190. The van der Waals surface area contributed by atoms with Crippen LogP contribution in [0.15, 0.2) is 59.6 Å². The molecule has 4 nitrogen and oxygen atoms in total. The predicted octanol–water partition coefficient (Wildman–Crippen LogP) is 5.83. The highest BCUT2D eigenvalue weighted by Gasteiger charge is 2.37. The van der Waals surface area contributed by atoms with Crippen LogP contribution in [0, 0.1) is 6.92 Å². The number of aromatic nitrogens is 1. The van der Waals surface area contributed by atoms with Gasteiger partial charge < -0.3 is 4.57 Å². The van der Waals surface area contributed by atoms with Crippen molar-refractivity contribution >= 4 is 39.9 Å². The van der Waals surface area contributed by atoms with Crippen molar-refractivity contribution in [3.05, 3.63) is 76.3 Å². The maximum absolute atomic E-state index is 12.8. The Morgan fingerprint density at radius 2 is 1.79 bits per heavy atom. The summed E-state index contributed by atoms with van der Waals surface area (Å²) < 4.78 is 2.20. The van der Waals surface area contributed by atoms with Crippen LogP contribution in [0.25, 0.3) is 17.0 Å². The lowest BCUT2D eigenvalue weighted by atomic mass is 10.1. The first-order valence-electron chi connectivity index (χ1n) is 9.88. The molecule has 0 radical (unpaired) electrons. The first kappa shape index (κ1) is 19.5. The summed E-state index contributed by atoms with van der Waals surface area (Å²) in [5, 5.41) is 0.897. The lowest BCUT2D eigenvalue weighted by molar-refractivity contribution is -0.124. The van der Waals surface area contributed by atoms with Crippen LogP contribution in [0.4, 0.5) is 4.79 Å². The van der Waals surface area contributed by atoms with Gasteiger partial charge in [0, 0.05) is 35.2 Å². The second kappa shape index (κ2) is 7.91. The first-order valence-corrected chi connectivity index (χ1v) is 10.7. The zero-order valence-electron chi connectivity index (χ0n) is 16.9. The van der Waals surface area contributed by atoms with Crippen LogP contribution in [0.2, 0.25) is 0 Å². The second-order valence-corrected chi connectivity index (χ2v) is 8.52. The standard InChI is InChI=1S/C24H24N2O2S/c1-4-17(3)26-23(27)22(29-24(26)28)13-19-15-25(21-8-6-5-7-20(19)21)14-18-11-9-16(2)10-12-18/h5-13,15,17H,4,14H2,1-3H3/b22-13+/t17-/m0/s1. The van der Waals surface area contributed by atoms with E-state index in [-0.39, 0.29) is 17.2 Å². The van der Waals surface area contributed by atoms with Gasteiger partial charge in [-0.15, -0.1) is 0 Å². The van der Waals surface area contributed by atoms with Crippen molar-refractivity contribution in [2.75, 3.05) is 0 Å². The molecule has 0 bridgehead atoms. The van der Waals surface area contributed by atoms with E-state index in [0.29, 0.717) is 4.91 Å². The maximum Gasteiger partial charge on any atom is 0.293 e. The van der Waals surface area contributed by atoms with Crippen molar-refractivity contribution in [3.8, 4) is 0 Å². The molecule has 1 aliphatic heterocycles. The summed E-state index contributed by atoms with van der Waals surface area (Å²) in [5.41, 5.74) is 4.53. The molecule has 0 spiro atoms. The molecular weight excluding hydrogens is 380 g/mol. The van der Waals surface area contributed by atoms with E-state index in [1.165, 1.54) is 16.0 Å². The Balaban J connectivity index is 1.72. The van der Waals surface area contributed by atoms with Crippen molar-refractivity contribution in [1.82, 2.24) is 9.47 Å². The molecule has 1 aromatic heterocycles. The SMILES string of the molecule is CC[C@H](C)N1C(=O)S/C(=C/c2cn(Cc3ccc(C)cc3)c3ccccc23)C1=O. The van der Waals surface area contributed by atoms with Gasteiger partial charge in [-0.25, -0.2) is 0 Å². The number of carbonyl (C=O) groups is 2. The van der Waals surface area contributed by atoms with E-state index < -0.39 is 0 Å². The molecule has 2 heterocycles. The van der Waals surface area contributed by atoms with Crippen LogP contribution in [0.1, 0.15) is 37.0 Å². The summed E-state index contributed by atoms with van der Waals surface area (Å²) in [6.07, 6.45) is 4.68. The highest BCUT2D eigenvalue weighted by Crippen LogP contribution is 2.35. The highest BCUT2D eigenvalue weighted by atomic mass is 32.2. The van der Waals surface area contributed by atoms with E-state index in [0.717, 1.165) is 41.2 Å². The quantitative estimate of drug-likeness (QED) is 0.502. The number of carbonyl (C=O) groups excluding carboxylic acids is 2. The number of benzene rings is 2. The van der Waals surface area contributed by atoms with Crippen molar-refractivity contribution in [2.24, 2.45) is 0 Å². The zero-order chi connectivity index (χ0) is 20.5. The van der Waals surface area contributed by atoms with E-state index in [4.69, 9.17) is 0 Å². The van der Waals surface area contributed by atoms with Gasteiger partial charge >= 0.3 is 0 Å². The molecular formula is C24H24N2O2S. The number of hydrogen-bond acceptors (Lipinski definition) is 3. The molecule has 0 aliphatic carbocycles. The summed E-state index contributed by atoms with van der Waals surface area (Å²) >= 11 is 1.03. The Hall–Kier alpha value is -2.79. The molecule has 0 saturated carbocycles. The predicted molar refractivity (Wildman–Crippen MR) is 120 cm³/mol. The molecule has 5 heteroatoms. The Morgan fingerprint density at radius 1 is 1.07 bits per heavy atom. The van der Waals surface area contributed by atoms with Gasteiger partial charge in [-0.1, -0.05) is 55.0 Å². The van der Waals surface area contributed by atoms with E-state index in [2.05, 4.69) is 54.1 Å².